The maximum absolute atomic E-state index is 12.9. The molecule has 1 aromatic carbocycles. The van der Waals surface area contributed by atoms with E-state index < -0.39 is 0 Å². The number of thioether (sulfide) groups is 1. The lowest BCUT2D eigenvalue weighted by atomic mass is 10.0. The first kappa shape index (κ1) is 24.1. The smallest absolute Gasteiger partial charge is 0.266 e. The van der Waals surface area contributed by atoms with Crippen molar-refractivity contribution in [1.82, 2.24) is 4.90 Å². The zero-order valence-electron chi connectivity index (χ0n) is 18.9. The zero-order valence-corrected chi connectivity index (χ0v) is 20.5. The molecule has 168 valence electrons. The molecule has 1 saturated heterocycles. The average Bonchev–Trinajstić information content (AvgIpc) is 3.02. The van der Waals surface area contributed by atoms with Crippen LogP contribution in [0.5, 0.6) is 5.75 Å². The summed E-state index contributed by atoms with van der Waals surface area (Å²) in [6.07, 6.45) is 16.9. The van der Waals surface area contributed by atoms with Crippen LogP contribution in [0.2, 0.25) is 0 Å². The van der Waals surface area contributed by atoms with Crippen LogP contribution in [-0.2, 0) is 4.79 Å². The SMILES string of the molecule is CCCCCCCCCCCCN1C(=O)/C(=C/C2=Cc3ccccc3O[C@H]2C)SC1=S. The van der Waals surface area contributed by atoms with E-state index in [-0.39, 0.29) is 12.0 Å². The summed E-state index contributed by atoms with van der Waals surface area (Å²) in [5, 5.41) is 0. The second-order valence-electron chi connectivity index (χ2n) is 8.46. The lowest BCUT2D eigenvalue weighted by Gasteiger charge is -2.23. The fourth-order valence-electron chi connectivity index (χ4n) is 4.02. The predicted octanol–water partition coefficient (Wildman–Crippen LogP) is 7.52. The highest BCUT2D eigenvalue weighted by atomic mass is 32.2. The minimum absolute atomic E-state index is 0.0397. The summed E-state index contributed by atoms with van der Waals surface area (Å²) in [5.41, 5.74) is 2.06. The van der Waals surface area contributed by atoms with Gasteiger partial charge in [-0.1, -0.05) is 107 Å². The zero-order chi connectivity index (χ0) is 22.1. The first-order chi connectivity index (χ1) is 15.1. The molecule has 1 amide bonds. The number of benzene rings is 1. The Balaban J connectivity index is 1.44. The summed E-state index contributed by atoms with van der Waals surface area (Å²) in [5.74, 6) is 0.929. The highest BCUT2D eigenvalue weighted by Crippen LogP contribution is 2.35. The van der Waals surface area contributed by atoms with E-state index in [0.717, 1.165) is 36.3 Å². The number of unbranched alkanes of at least 4 members (excludes halogenated alkanes) is 9. The fraction of sp³-hybridized carbons (Fsp3) is 0.538. The second-order valence-corrected chi connectivity index (χ2v) is 10.1. The van der Waals surface area contributed by atoms with E-state index in [1.165, 1.54) is 63.1 Å². The number of carbonyl (C=O) groups is 1. The molecule has 2 heterocycles. The molecule has 2 aliphatic rings. The quantitative estimate of drug-likeness (QED) is 0.184. The van der Waals surface area contributed by atoms with Gasteiger partial charge >= 0.3 is 0 Å². The molecule has 2 aliphatic heterocycles. The molecule has 1 aromatic rings. The molecule has 1 atom stereocenters. The van der Waals surface area contributed by atoms with Gasteiger partial charge in [-0.05, 0) is 37.1 Å². The van der Waals surface area contributed by atoms with Gasteiger partial charge in [0.1, 0.15) is 16.2 Å². The highest BCUT2D eigenvalue weighted by molar-refractivity contribution is 8.26. The third-order valence-corrected chi connectivity index (χ3v) is 7.30. The van der Waals surface area contributed by atoms with Crippen LogP contribution in [0, 0.1) is 0 Å². The minimum atomic E-state index is -0.0830. The number of hydrogen-bond acceptors (Lipinski definition) is 4. The van der Waals surface area contributed by atoms with Gasteiger partial charge in [-0.15, -0.1) is 0 Å². The Hall–Kier alpha value is -1.59. The van der Waals surface area contributed by atoms with Crippen LogP contribution >= 0.6 is 24.0 Å². The van der Waals surface area contributed by atoms with Crippen molar-refractivity contribution in [2.75, 3.05) is 6.54 Å². The lowest BCUT2D eigenvalue weighted by molar-refractivity contribution is -0.122. The number of carbonyl (C=O) groups excluding carboxylic acids is 1. The van der Waals surface area contributed by atoms with Crippen molar-refractivity contribution in [3.63, 3.8) is 0 Å². The number of rotatable bonds is 12. The molecule has 3 rings (SSSR count). The van der Waals surface area contributed by atoms with Crippen molar-refractivity contribution in [3.05, 3.63) is 46.4 Å². The first-order valence-electron chi connectivity index (χ1n) is 11.8. The molecule has 0 bridgehead atoms. The van der Waals surface area contributed by atoms with E-state index in [0.29, 0.717) is 9.23 Å². The van der Waals surface area contributed by atoms with Gasteiger partial charge in [0.2, 0.25) is 0 Å². The first-order valence-corrected chi connectivity index (χ1v) is 13.0. The molecule has 3 nitrogen and oxygen atoms in total. The maximum atomic E-state index is 12.9. The number of nitrogens with zero attached hydrogens (tertiary/aromatic N) is 1. The van der Waals surface area contributed by atoms with Crippen LogP contribution < -0.4 is 4.74 Å². The van der Waals surface area contributed by atoms with E-state index in [9.17, 15) is 4.79 Å². The lowest BCUT2D eigenvalue weighted by Crippen LogP contribution is -2.29. The van der Waals surface area contributed by atoms with Crippen LogP contribution in [0.25, 0.3) is 6.08 Å². The molecule has 5 heteroatoms. The van der Waals surface area contributed by atoms with E-state index in [4.69, 9.17) is 17.0 Å². The Labute approximate surface area is 197 Å². The van der Waals surface area contributed by atoms with Gasteiger partial charge < -0.3 is 4.74 Å². The van der Waals surface area contributed by atoms with Crippen LogP contribution in [0.4, 0.5) is 0 Å². The number of amides is 1. The number of ether oxygens (including phenoxy) is 1. The van der Waals surface area contributed by atoms with Gasteiger partial charge in [0.15, 0.2) is 0 Å². The Bertz CT molecular complexity index is 830. The summed E-state index contributed by atoms with van der Waals surface area (Å²) in [7, 11) is 0. The Morgan fingerprint density at radius 3 is 2.39 bits per heavy atom. The molecular weight excluding hydrogens is 422 g/mol. The fourth-order valence-corrected chi connectivity index (χ4v) is 5.33. The molecule has 0 unspecified atom stereocenters. The molecule has 0 aromatic heterocycles. The van der Waals surface area contributed by atoms with Gasteiger partial charge in [-0.2, -0.15) is 0 Å². The van der Waals surface area contributed by atoms with Gasteiger partial charge in [-0.25, -0.2) is 0 Å². The maximum Gasteiger partial charge on any atom is 0.266 e. The molecule has 0 spiro atoms. The van der Waals surface area contributed by atoms with Crippen molar-refractivity contribution in [2.45, 2.75) is 84.2 Å². The molecule has 0 radical (unpaired) electrons. The summed E-state index contributed by atoms with van der Waals surface area (Å²) in [6.45, 7) is 5.00. The number of para-hydroxylation sites is 1. The van der Waals surface area contributed by atoms with Crippen LogP contribution in [0.15, 0.2) is 40.8 Å². The Morgan fingerprint density at radius 2 is 1.68 bits per heavy atom. The Kier molecular flexibility index (Phi) is 9.66. The summed E-state index contributed by atoms with van der Waals surface area (Å²) >= 11 is 6.91. The Morgan fingerprint density at radius 1 is 1.03 bits per heavy atom. The van der Waals surface area contributed by atoms with Crippen LogP contribution in [-0.4, -0.2) is 27.8 Å². The molecule has 1 fully saturated rings. The summed E-state index contributed by atoms with van der Waals surface area (Å²) in [4.78, 5) is 15.4. The average molecular weight is 458 g/mol. The number of hydrogen-bond donors (Lipinski definition) is 0. The molecule has 0 N–H and O–H groups in total. The van der Waals surface area contributed by atoms with Gasteiger partial charge in [0, 0.05) is 12.1 Å². The van der Waals surface area contributed by atoms with E-state index >= 15 is 0 Å². The summed E-state index contributed by atoms with van der Waals surface area (Å²) in [6, 6.07) is 7.98. The van der Waals surface area contributed by atoms with Crippen LogP contribution in [0.3, 0.4) is 0 Å². The third-order valence-electron chi connectivity index (χ3n) is 5.92. The normalized spacial score (nSPS) is 19.5. The van der Waals surface area contributed by atoms with Crippen LogP contribution in [0.1, 0.15) is 83.6 Å². The monoisotopic (exact) mass is 457 g/mol. The van der Waals surface area contributed by atoms with E-state index in [1.807, 2.05) is 37.3 Å². The van der Waals surface area contributed by atoms with E-state index in [2.05, 4.69) is 13.0 Å². The van der Waals surface area contributed by atoms with Crippen molar-refractivity contribution in [1.29, 1.82) is 0 Å². The van der Waals surface area contributed by atoms with Crippen molar-refractivity contribution < 1.29 is 9.53 Å². The molecular formula is C26H35NO2S2. The molecule has 0 saturated carbocycles. The largest absolute Gasteiger partial charge is 0.485 e. The third kappa shape index (κ3) is 6.95. The molecule has 0 aliphatic carbocycles. The molecule has 31 heavy (non-hydrogen) atoms. The van der Waals surface area contributed by atoms with Crippen molar-refractivity contribution in [2.24, 2.45) is 0 Å². The van der Waals surface area contributed by atoms with Crippen molar-refractivity contribution in [3.8, 4) is 5.75 Å². The minimum Gasteiger partial charge on any atom is -0.485 e. The topological polar surface area (TPSA) is 29.5 Å². The summed E-state index contributed by atoms with van der Waals surface area (Å²) < 4.78 is 6.68. The van der Waals surface area contributed by atoms with E-state index in [1.54, 1.807) is 4.90 Å². The van der Waals surface area contributed by atoms with Gasteiger partial charge in [0.05, 0.1) is 4.91 Å². The van der Waals surface area contributed by atoms with Gasteiger partial charge in [-0.3, -0.25) is 9.69 Å². The predicted molar refractivity (Wildman–Crippen MR) is 136 cm³/mol. The van der Waals surface area contributed by atoms with Gasteiger partial charge in [0.25, 0.3) is 5.91 Å². The standard InChI is InChI=1S/C26H35NO2S2/c1-3-4-5-6-7-8-9-10-11-14-17-27-25(28)24(31-26(27)30)19-22-18-21-15-12-13-16-23(21)29-20(22)2/h12-13,15-16,18-20H,3-11,14,17H2,1-2H3/b24-19-/t20-/m0/s1. The highest BCUT2D eigenvalue weighted by Gasteiger charge is 2.32. The number of thiocarbonyl (C=S) groups is 1. The number of fused-ring (bicyclic) bond motifs is 1. The van der Waals surface area contributed by atoms with Crippen molar-refractivity contribution >= 4 is 40.3 Å². The second kappa shape index (κ2) is 12.4.